The molecule has 0 aliphatic carbocycles. The van der Waals surface area contributed by atoms with Crippen molar-refractivity contribution in [1.29, 1.82) is 0 Å². The van der Waals surface area contributed by atoms with Gasteiger partial charge in [0.05, 0.1) is 13.7 Å². The summed E-state index contributed by atoms with van der Waals surface area (Å²) in [4.78, 5) is 11.4. The fourth-order valence-electron chi connectivity index (χ4n) is 1.37. The predicted molar refractivity (Wildman–Crippen MR) is 74.8 cm³/mol. The van der Waals surface area contributed by atoms with Crippen LogP contribution in [0.4, 0.5) is 13.2 Å². The number of halogens is 4. The summed E-state index contributed by atoms with van der Waals surface area (Å²) in [5, 5.41) is 10.7. The first kappa shape index (κ1) is 17.5. The van der Waals surface area contributed by atoms with Gasteiger partial charge >= 0.3 is 6.18 Å². The third kappa shape index (κ3) is 5.76. The van der Waals surface area contributed by atoms with Crippen molar-refractivity contribution >= 4 is 27.9 Å². The molecule has 0 heterocycles. The van der Waals surface area contributed by atoms with Gasteiger partial charge in [0.1, 0.15) is 5.75 Å². The molecule has 1 rings (SSSR count). The first-order valence-electron chi connectivity index (χ1n) is 5.78. The molecule has 2 N–H and O–H groups in total. The molecule has 116 valence electrons. The van der Waals surface area contributed by atoms with Gasteiger partial charge in [0.15, 0.2) is 6.10 Å². The third-order valence-corrected chi connectivity index (χ3v) is 2.95. The molecule has 0 spiro atoms. The molecular formula is C13H13BrF3NO3. The summed E-state index contributed by atoms with van der Waals surface area (Å²) in [6.07, 6.45) is -4.88. The molecular weight excluding hydrogens is 355 g/mol. The van der Waals surface area contributed by atoms with E-state index in [-0.39, 0.29) is 0 Å². The Kier molecular flexibility index (Phi) is 6.22. The summed E-state index contributed by atoms with van der Waals surface area (Å²) in [6, 6.07) is 5.11. The van der Waals surface area contributed by atoms with Crippen LogP contribution in [-0.2, 0) is 4.79 Å². The van der Waals surface area contributed by atoms with E-state index in [1.165, 1.54) is 13.2 Å². The monoisotopic (exact) mass is 367 g/mol. The molecule has 0 saturated heterocycles. The van der Waals surface area contributed by atoms with Gasteiger partial charge in [-0.3, -0.25) is 4.79 Å². The van der Waals surface area contributed by atoms with Gasteiger partial charge in [0, 0.05) is 16.1 Å². The quantitative estimate of drug-likeness (QED) is 0.786. The van der Waals surface area contributed by atoms with Gasteiger partial charge in [-0.05, 0) is 24.3 Å². The number of hydrogen-bond acceptors (Lipinski definition) is 3. The molecule has 1 atom stereocenters. The van der Waals surface area contributed by atoms with Crippen molar-refractivity contribution in [1.82, 2.24) is 5.32 Å². The van der Waals surface area contributed by atoms with Crippen LogP contribution in [0.15, 0.2) is 28.7 Å². The maximum absolute atomic E-state index is 12.1. The van der Waals surface area contributed by atoms with Crippen LogP contribution in [0.25, 0.3) is 6.08 Å². The zero-order chi connectivity index (χ0) is 16.0. The minimum absolute atomic E-state index is 0.512. The number of carbonyl (C=O) groups is 1. The fourth-order valence-corrected chi connectivity index (χ4v) is 1.75. The number of rotatable bonds is 5. The van der Waals surface area contributed by atoms with Gasteiger partial charge < -0.3 is 15.2 Å². The van der Waals surface area contributed by atoms with Gasteiger partial charge in [-0.1, -0.05) is 15.9 Å². The van der Waals surface area contributed by atoms with Crippen LogP contribution in [0.1, 0.15) is 5.56 Å². The normalized spacial score (nSPS) is 13.2. The average molecular weight is 368 g/mol. The second-order valence-electron chi connectivity index (χ2n) is 4.02. The molecule has 0 bridgehead atoms. The van der Waals surface area contributed by atoms with Gasteiger partial charge in [-0.15, -0.1) is 0 Å². The molecule has 0 aromatic heterocycles. The Balaban J connectivity index is 2.65. The summed E-state index contributed by atoms with van der Waals surface area (Å²) in [7, 11) is 1.46. The van der Waals surface area contributed by atoms with E-state index < -0.39 is 24.7 Å². The minimum Gasteiger partial charge on any atom is -0.496 e. The molecule has 1 aromatic rings. The van der Waals surface area contributed by atoms with Crippen LogP contribution in [0.3, 0.4) is 0 Å². The lowest BCUT2D eigenvalue weighted by Crippen LogP contribution is -2.40. The molecule has 4 nitrogen and oxygen atoms in total. The average Bonchev–Trinajstić information content (AvgIpc) is 2.41. The van der Waals surface area contributed by atoms with Crippen molar-refractivity contribution < 1.29 is 27.8 Å². The summed E-state index contributed by atoms with van der Waals surface area (Å²) >= 11 is 3.26. The second kappa shape index (κ2) is 7.46. The van der Waals surface area contributed by atoms with Crippen molar-refractivity contribution in [3.05, 3.63) is 34.3 Å². The Hall–Kier alpha value is -1.54. The molecule has 0 aliphatic heterocycles. The highest BCUT2D eigenvalue weighted by molar-refractivity contribution is 9.10. The van der Waals surface area contributed by atoms with Gasteiger partial charge in [0.25, 0.3) is 0 Å². The SMILES string of the molecule is COc1ccc(Br)cc1/C=C/C(=O)NCC(O)C(F)(F)F. The third-order valence-electron chi connectivity index (χ3n) is 2.45. The van der Waals surface area contributed by atoms with E-state index in [1.807, 2.05) is 5.32 Å². The van der Waals surface area contributed by atoms with Gasteiger partial charge in [0.2, 0.25) is 5.91 Å². The zero-order valence-corrected chi connectivity index (χ0v) is 12.5. The Labute approximate surface area is 127 Å². The van der Waals surface area contributed by atoms with E-state index in [0.717, 1.165) is 10.5 Å². The van der Waals surface area contributed by atoms with E-state index in [4.69, 9.17) is 9.84 Å². The molecule has 1 amide bonds. The lowest BCUT2D eigenvalue weighted by Gasteiger charge is -2.14. The number of amides is 1. The van der Waals surface area contributed by atoms with Crippen molar-refractivity contribution in [2.24, 2.45) is 0 Å². The smallest absolute Gasteiger partial charge is 0.416 e. The van der Waals surface area contributed by atoms with Crippen LogP contribution >= 0.6 is 15.9 Å². The van der Waals surface area contributed by atoms with E-state index in [2.05, 4.69) is 15.9 Å². The van der Waals surface area contributed by atoms with Crippen LogP contribution in [0.2, 0.25) is 0 Å². The van der Waals surface area contributed by atoms with E-state index in [1.54, 1.807) is 18.2 Å². The highest BCUT2D eigenvalue weighted by Crippen LogP contribution is 2.24. The lowest BCUT2D eigenvalue weighted by atomic mass is 10.2. The first-order chi connectivity index (χ1) is 9.74. The summed E-state index contributed by atoms with van der Waals surface area (Å²) in [5.74, 6) is -0.238. The molecule has 0 fully saturated rings. The highest BCUT2D eigenvalue weighted by Gasteiger charge is 2.37. The minimum atomic E-state index is -4.76. The molecule has 21 heavy (non-hydrogen) atoms. The number of alkyl halides is 3. The summed E-state index contributed by atoms with van der Waals surface area (Å²) in [5.41, 5.74) is 0.582. The number of benzene rings is 1. The number of hydrogen-bond donors (Lipinski definition) is 2. The highest BCUT2D eigenvalue weighted by atomic mass is 79.9. The molecule has 0 aliphatic rings. The van der Waals surface area contributed by atoms with Crippen molar-refractivity contribution in [2.75, 3.05) is 13.7 Å². The van der Waals surface area contributed by atoms with Crippen LogP contribution in [0, 0.1) is 0 Å². The van der Waals surface area contributed by atoms with Crippen molar-refractivity contribution in [2.45, 2.75) is 12.3 Å². The summed E-state index contributed by atoms with van der Waals surface area (Å²) < 4.78 is 42.0. The number of carbonyl (C=O) groups excluding carboxylic acids is 1. The number of aliphatic hydroxyl groups excluding tert-OH is 1. The van der Waals surface area contributed by atoms with Gasteiger partial charge in [-0.2, -0.15) is 13.2 Å². The molecule has 1 unspecified atom stereocenters. The number of ether oxygens (including phenoxy) is 1. The van der Waals surface area contributed by atoms with Crippen LogP contribution in [0.5, 0.6) is 5.75 Å². The van der Waals surface area contributed by atoms with Crippen LogP contribution in [-0.4, -0.2) is 36.9 Å². The fraction of sp³-hybridized carbons (Fsp3) is 0.308. The van der Waals surface area contributed by atoms with Crippen LogP contribution < -0.4 is 10.1 Å². The Morgan fingerprint density at radius 1 is 1.52 bits per heavy atom. The van der Waals surface area contributed by atoms with E-state index >= 15 is 0 Å². The number of aliphatic hydroxyl groups is 1. The van der Waals surface area contributed by atoms with E-state index in [0.29, 0.717) is 11.3 Å². The van der Waals surface area contributed by atoms with Crippen molar-refractivity contribution in [3.8, 4) is 5.75 Å². The van der Waals surface area contributed by atoms with E-state index in [9.17, 15) is 18.0 Å². The molecule has 1 aromatic carbocycles. The predicted octanol–water partition coefficient (Wildman–Crippen LogP) is 2.51. The molecule has 0 radical (unpaired) electrons. The lowest BCUT2D eigenvalue weighted by molar-refractivity contribution is -0.201. The number of methoxy groups -OCH3 is 1. The zero-order valence-electron chi connectivity index (χ0n) is 10.9. The first-order valence-corrected chi connectivity index (χ1v) is 6.57. The second-order valence-corrected chi connectivity index (χ2v) is 4.94. The van der Waals surface area contributed by atoms with Gasteiger partial charge in [-0.25, -0.2) is 0 Å². The van der Waals surface area contributed by atoms with Crippen molar-refractivity contribution in [3.63, 3.8) is 0 Å². The largest absolute Gasteiger partial charge is 0.496 e. The topological polar surface area (TPSA) is 58.6 Å². The standard InChI is InChI=1S/C13H13BrF3NO3/c1-21-10-4-3-9(14)6-8(10)2-5-12(20)18-7-11(19)13(15,16)17/h2-6,11,19H,7H2,1H3,(H,18,20)/b5-2+. The molecule has 0 saturated carbocycles. The maximum Gasteiger partial charge on any atom is 0.416 e. The maximum atomic E-state index is 12.1. The number of nitrogens with one attached hydrogen (secondary N) is 1. The summed E-state index contributed by atoms with van der Waals surface area (Å²) in [6.45, 7) is -0.901. The molecule has 8 heteroatoms. The Bertz CT molecular complexity index is 532. The Morgan fingerprint density at radius 2 is 2.19 bits per heavy atom. The Morgan fingerprint density at radius 3 is 2.76 bits per heavy atom.